The molecule has 0 fully saturated rings. The Morgan fingerprint density at radius 2 is 1.65 bits per heavy atom. The van der Waals surface area contributed by atoms with Crippen molar-refractivity contribution in [1.29, 1.82) is 0 Å². The number of primary sulfonamides is 1. The number of aliphatic hydroxyl groups is 1. The van der Waals surface area contributed by atoms with Gasteiger partial charge in [-0.25, -0.2) is 18.4 Å². The molecule has 0 aliphatic rings. The molecule has 26 heavy (non-hydrogen) atoms. The number of hydrogen-bond acceptors (Lipinski definition) is 5. The van der Waals surface area contributed by atoms with E-state index in [2.05, 4.69) is 10.6 Å². The number of anilines is 1. The molecule has 1 unspecified atom stereocenters. The Balaban J connectivity index is 2.07. The summed E-state index contributed by atoms with van der Waals surface area (Å²) in [5, 5.41) is 29.9. The summed E-state index contributed by atoms with van der Waals surface area (Å²) < 4.78 is 22.4. The molecule has 0 amide bonds. The Morgan fingerprint density at radius 1 is 1.08 bits per heavy atom. The van der Waals surface area contributed by atoms with E-state index in [1.165, 1.54) is 24.3 Å². The third-order valence-corrected chi connectivity index (χ3v) is 4.60. The fourth-order valence-corrected chi connectivity index (χ4v) is 2.92. The van der Waals surface area contributed by atoms with E-state index >= 15 is 0 Å². The van der Waals surface area contributed by atoms with Gasteiger partial charge in [0.2, 0.25) is 10.0 Å². The Kier molecular flexibility index (Phi) is 6.27. The Bertz CT molecular complexity index is 886. The molecule has 0 aromatic heterocycles. The van der Waals surface area contributed by atoms with Gasteiger partial charge >= 0.3 is 5.97 Å². The van der Waals surface area contributed by atoms with Crippen molar-refractivity contribution in [2.24, 2.45) is 5.14 Å². The van der Waals surface area contributed by atoms with Crippen LogP contribution in [0.3, 0.4) is 0 Å². The number of nitrogens with one attached hydrogen (secondary N) is 2. The molecule has 2 aromatic rings. The van der Waals surface area contributed by atoms with Crippen molar-refractivity contribution >= 4 is 39.0 Å². The van der Waals surface area contributed by atoms with E-state index in [0.29, 0.717) is 11.3 Å². The van der Waals surface area contributed by atoms with Crippen LogP contribution in [-0.2, 0) is 14.8 Å². The molecule has 2 aromatic carbocycles. The minimum Gasteiger partial charge on any atom is -0.480 e. The number of carboxylic acids is 1. The minimum atomic E-state index is -3.81. The van der Waals surface area contributed by atoms with Crippen LogP contribution in [0.4, 0.5) is 5.69 Å². The standard InChI is InChI=1S/C16H17N3O5S2/c17-26(23,24)12-8-6-11(7-9-12)18-16(25)19-13(15(21)22)14(20)10-4-2-1-3-5-10/h1-9,13-14,20H,(H,21,22)(H2,17,23,24)(H2,18,19,25)/t13-,14?/m0/s1. The topological polar surface area (TPSA) is 142 Å². The lowest BCUT2D eigenvalue weighted by Crippen LogP contribution is -2.46. The van der Waals surface area contributed by atoms with E-state index in [4.69, 9.17) is 17.4 Å². The van der Waals surface area contributed by atoms with Crippen molar-refractivity contribution in [2.45, 2.75) is 17.0 Å². The lowest BCUT2D eigenvalue weighted by molar-refractivity contribution is -0.142. The Morgan fingerprint density at radius 3 is 2.15 bits per heavy atom. The summed E-state index contributed by atoms with van der Waals surface area (Å²) in [6.45, 7) is 0. The number of carbonyl (C=O) groups is 1. The van der Waals surface area contributed by atoms with E-state index in [9.17, 15) is 23.4 Å². The summed E-state index contributed by atoms with van der Waals surface area (Å²) in [6.07, 6.45) is -1.32. The molecule has 8 nitrogen and oxygen atoms in total. The first-order valence-corrected chi connectivity index (χ1v) is 9.30. The number of carboxylic acid groups (broad SMARTS) is 1. The van der Waals surface area contributed by atoms with Gasteiger partial charge in [-0.3, -0.25) is 0 Å². The molecule has 6 N–H and O–H groups in total. The van der Waals surface area contributed by atoms with E-state index in [1.54, 1.807) is 30.3 Å². The van der Waals surface area contributed by atoms with Gasteiger partial charge in [0.1, 0.15) is 6.10 Å². The molecule has 0 bridgehead atoms. The van der Waals surface area contributed by atoms with E-state index in [0.717, 1.165) is 0 Å². The number of aliphatic carboxylic acids is 1. The molecule has 0 saturated heterocycles. The van der Waals surface area contributed by atoms with Gasteiger partial charge in [0.15, 0.2) is 11.2 Å². The smallest absolute Gasteiger partial charge is 0.329 e. The summed E-state index contributed by atoms with van der Waals surface area (Å²) in [7, 11) is -3.81. The number of sulfonamides is 1. The number of thiocarbonyl (C=S) groups is 1. The molecule has 0 heterocycles. The third kappa shape index (κ3) is 5.23. The SMILES string of the molecule is NS(=O)(=O)c1ccc(NC(=S)N[C@H](C(=O)O)C(O)c2ccccc2)cc1. The lowest BCUT2D eigenvalue weighted by Gasteiger charge is -2.22. The number of nitrogens with two attached hydrogens (primary N) is 1. The van der Waals surface area contributed by atoms with Gasteiger partial charge in [-0.1, -0.05) is 30.3 Å². The highest BCUT2D eigenvalue weighted by atomic mass is 32.2. The molecule has 2 rings (SSSR count). The molecule has 138 valence electrons. The zero-order valence-electron chi connectivity index (χ0n) is 13.4. The molecule has 0 aliphatic carbocycles. The van der Waals surface area contributed by atoms with E-state index < -0.39 is 28.1 Å². The second kappa shape index (κ2) is 8.23. The van der Waals surface area contributed by atoms with Crippen LogP contribution in [0.25, 0.3) is 0 Å². The van der Waals surface area contributed by atoms with Gasteiger partial charge in [-0.05, 0) is 42.0 Å². The molecule has 2 atom stereocenters. The van der Waals surface area contributed by atoms with Crippen molar-refractivity contribution in [3.8, 4) is 0 Å². The van der Waals surface area contributed by atoms with Gasteiger partial charge in [0.05, 0.1) is 4.90 Å². The maximum Gasteiger partial charge on any atom is 0.329 e. The van der Waals surface area contributed by atoms with Gasteiger partial charge in [0, 0.05) is 5.69 Å². The Labute approximate surface area is 155 Å². The maximum absolute atomic E-state index is 11.5. The number of hydrogen-bond donors (Lipinski definition) is 5. The van der Waals surface area contributed by atoms with Crippen LogP contribution < -0.4 is 15.8 Å². The second-order valence-corrected chi connectivity index (χ2v) is 7.31. The van der Waals surface area contributed by atoms with Crippen LogP contribution in [-0.4, -0.2) is 35.8 Å². The fraction of sp³-hybridized carbons (Fsp3) is 0.125. The van der Waals surface area contributed by atoms with Gasteiger partial charge in [0.25, 0.3) is 0 Å². The summed E-state index contributed by atoms with van der Waals surface area (Å²) in [4.78, 5) is 11.4. The largest absolute Gasteiger partial charge is 0.480 e. The molecular formula is C16H17N3O5S2. The van der Waals surface area contributed by atoms with Crippen LogP contribution in [0.1, 0.15) is 11.7 Å². The summed E-state index contributed by atoms with van der Waals surface area (Å²) >= 11 is 5.07. The van der Waals surface area contributed by atoms with Crippen molar-refractivity contribution in [1.82, 2.24) is 5.32 Å². The van der Waals surface area contributed by atoms with Gasteiger partial charge in [-0.15, -0.1) is 0 Å². The predicted molar refractivity (Wildman–Crippen MR) is 100.0 cm³/mol. The van der Waals surface area contributed by atoms with Crippen LogP contribution in [0.15, 0.2) is 59.5 Å². The van der Waals surface area contributed by atoms with Gasteiger partial charge < -0.3 is 20.8 Å². The zero-order chi connectivity index (χ0) is 19.3. The number of rotatable bonds is 6. The van der Waals surface area contributed by atoms with Crippen molar-refractivity contribution in [3.05, 3.63) is 60.2 Å². The highest BCUT2D eigenvalue weighted by Crippen LogP contribution is 2.17. The third-order valence-electron chi connectivity index (χ3n) is 3.45. The minimum absolute atomic E-state index is 0.0456. The number of aliphatic hydroxyl groups excluding tert-OH is 1. The lowest BCUT2D eigenvalue weighted by atomic mass is 10.0. The van der Waals surface area contributed by atoms with Crippen molar-refractivity contribution in [3.63, 3.8) is 0 Å². The molecule has 0 saturated carbocycles. The predicted octanol–water partition coefficient (Wildman–Crippen LogP) is 0.807. The van der Waals surface area contributed by atoms with Crippen molar-refractivity contribution < 1.29 is 23.4 Å². The summed E-state index contributed by atoms with van der Waals surface area (Å²) in [6, 6.07) is 12.4. The molecular weight excluding hydrogens is 378 g/mol. The second-order valence-electron chi connectivity index (χ2n) is 5.34. The summed E-state index contributed by atoms with van der Waals surface area (Å²) in [5.41, 5.74) is 0.848. The Hall–Kier alpha value is -2.53. The normalized spacial score (nSPS) is 13.5. The monoisotopic (exact) mass is 395 g/mol. The zero-order valence-corrected chi connectivity index (χ0v) is 15.0. The fourth-order valence-electron chi connectivity index (χ4n) is 2.15. The highest BCUT2D eigenvalue weighted by molar-refractivity contribution is 7.89. The van der Waals surface area contributed by atoms with Crippen LogP contribution in [0.5, 0.6) is 0 Å². The van der Waals surface area contributed by atoms with Crippen LogP contribution >= 0.6 is 12.2 Å². The first-order valence-electron chi connectivity index (χ1n) is 7.34. The quantitative estimate of drug-likeness (QED) is 0.452. The molecule has 0 aliphatic heterocycles. The first-order chi connectivity index (χ1) is 12.2. The average Bonchev–Trinajstić information content (AvgIpc) is 2.59. The first kappa shape index (κ1) is 19.8. The van der Waals surface area contributed by atoms with E-state index in [-0.39, 0.29) is 10.0 Å². The maximum atomic E-state index is 11.5. The van der Waals surface area contributed by atoms with Crippen LogP contribution in [0, 0.1) is 0 Å². The average molecular weight is 395 g/mol. The van der Waals surface area contributed by atoms with E-state index in [1.807, 2.05) is 0 Å². The number of benzene rings is 2. The highest BCUT2D eigenvalue weighted by Gasteiger charge is 2.28. The molecule has 10 heteroatoms. The van der Waals surface area contributed by atoms with Crippen molar-refractivity contribution in [2.75, 3.05) is 5.32 Å². The summed E-state index contributed by atoms with van der Waals surface area (Å²) in [5.74, 6) is -1.28. The molecule has 0 radical (unpaired) electrons. The van der Waals surface area contributed by atoms with Gasteiger partial charge in [-0.2, -0.15) is 0 Å². The molecule has 0 spiro atoms. The van der Waals surface area contributed by atoms with Crippen LogP contribution in [0.2, 0.25) is 0 Å².